The third-order valence-electron chi connectivity index (χ3n) is 1.32. The predicted octanol–water partition coefficient (Wildman–Crippen LogP) is -1.52. The van der Waals surface area contributed by atoms with Gasteiger partial charge < -0.3 is 15.5 Å². The molecule has 0 fully saturated rings. The Labute approximate surface area is 75.8 Å². The van der Waals surface area contributed by atoms with Crippen molar-refractivity contribution in [1.29, 1.82) is 0 Å². The second-order valence-corrected chi connectivity index (χ2v) is 4.64. The lowest BCUT2D eigenvalue weighted by Gasteiger charge is -2.16. The van der Waals surface area contributed by atoms with E-state index in [4.69, 9.17) is 15.5 Å². The lowest BCUT2D eigenvalue weighted by atomic mass is 10.3. The molecule has 0 radical (unpaired) electrons. The fourth-order valence-electron chi connectivity index (χ4n) is 0.373. The van der Waals surface area contributed by atoms with E-state index in [-0.39, 0.29) is 0 Å². The Morgan fingerprint density at radius 2 is 1.92 bits per heavy atom. The molecule has 0 aromatic heterocycles. The van der Waals surface area contributed by atoms with E-state index in [1.54, 1.807) is 0 Å². The van der Waals surface area contributed by atoms with Crippen molar-refractivity contribution < 1.29 is 19.1 Å². The molecule has 6 N–H and O–H groups in total. The van der Waals surface area contributed by atoms with E-state index in [1.807, 2.05) is 0 Å². The second kappa shape index (κ2) is 4.69. The molecule has 0 aliphatic carbocycles. The van der Waals surface area contributed by atoms with Gasteiger partial charge in [0.2, 0.25) is 0 Å². The molecule has 0 saturated carbocycles. The van der Waals surface area contributed by atoms with E-state index in [0.717, 1.165) is 0 Å². The van der Waals surface area contributed by atoms with Crippen molar-refractivity contribution in [3.63, 3.8) is 0 Å². The standard InChI is InChI=1S/C5H14N3O4P/c1-3(6)5(9)8-7-4(2)13(10,11)12/h3-4,7H,6H2,1-2H3,(H,8,9)(H2,10,11,12)/t3-,4?/m0/s1. The molecule has 0 spiro atoms. The highest BCUT2D eigenvalue weighted by atomic mass is 31.2. The van der Waals surface area contributed by atoms with Crippen LogP contribution in [0.2, 0.25) is 0 Å². The largest absolute Gasteiger partial charge is 0.343 e. The molecule has 0 saturated heterocycles. The summed E-state index contributed by atoms with van der Waals surface area (Å²) in [7, 11) is -4.21. The van der Waals surface area contributed by atoms with Crippen LogP contribution in [-0.4, -0.2) is 27.5 Å². The van der Waals surface area contributed by atoms with Crippen LogP contribution < -0.4 is 16.6 Å². The predicted molar refractivity (Wildman–Crippen MR) is 46.4 cm³/mol. The minimum absolute atomic E-state index is 0.527. The van der Waals surface area contributed by atoms with Gasteiger partial charge in [-0.1, -0.05) is 0 Å². The molecule has 2 atom stereocenters. The fraction of sp³-hybridized carbons (Fsp3) is 0.800. The van der Waals surface area contributed by atoms with Crippen LogP contribution in [0.5, 0.6) is 0 Å². The van der Waals surface area contributed by atoms with Crippen molar-refractivity contribution in [2.45, 2.75) is 25.7 Å². The average molecular weight is 211 g/mol. The van der Waals surface area contributed by atoms with Crippen LogP contribution in [0.3, 0.4) is 0 Å². The Hall–Kier alpha value is -0.460. The van der Waals surface area contributed by atoms with E-state index >= 15 is 0 Å². The number of hydrazine groups is 1. The van der Waals surface area contributed by atoms with Crippen LogP contribution in [0, 0.1) is 0 Å². The van der Waals surface area contributed by atoms with Crippen molar-refractivity contribution >= 4 is 13.5 Å². The summed E-state index contributed by atoms with van der Waals surface area (Å²) in [6, 6.07) is -0.725. The van der Waals surface area contributed by atoms with Crippen LogP contribution in [-0.2, 0) is 9.36 Å². The van der Waals surface area contributed by atoms with Gasteiger partial charge >= 0.3 is 7.60 Å². The van der Waals surface area contributed by atoms with Gasteiger partial charge in [-0.25, -0.2) is 5.43 Å². The number of hydrogen-bond donors (Lipinski definition) is 5. The van der Waals surface area contributed by atoms with Gasteiger partial charge in [0.25, 0.3) is 5.91 Å². The van der Waals surface area contributed by atoms with E-state index in [1.165, 1.54) is 13.8 Å². The van der Waals surface area contributed by atoms with Crippen LogP contribution in [0.4, 0.5) is 0 Å². The van der Waals surface area contributed by atoms with Crippen LogP contribution in [0.1, 0.15) is 13.8 Å². The summed E-state index contributed by atoms with van der Waals surface area (Å²) in [4.78, 5) is 28.0. The number of hydrogen-bond acceptors (Lipinski definition) is 4. The van der Waals surface area contributed by atoms with Crippen LogP contribution in [0.15, 0.2) is 0 Å². The van der Waals surface area contributed by atoms with Gasteiger partial charge in [-0.3, -0.25) is 14.8 Å². The van der Waals surface area contributed by atoms with E-state index in [0.29, 0.717) is 0 Å². The maximum Gasteiger partial charge on any atom is 0.343 e. The molecule has 0 heterocycles. The normalized spacial score (nSPS) is 16.4. The molecule has 1 amide bonds. The number of carbonyl (C=O) groups excluding carboxylic acids is 1. The molecule has 0 aliphatic heterocycles. The molecule has 1 unspecified atom stereocenters. The highest BCUT2D eigenvalue weighted by molar-refractivity contribution is 7.52. The molecule has 78 valence electrons. The molecule has 7 nitrogen and oxygen atoms in total. The minimum atomic E-state index is -4.21. The van der Waals surface area contributed by atoms with Crippen LogP contribution >= 0.6 is 7.60 Å². The molecule has 8 heteroatoms. The summed E-state index contributed by atoms with van der Waals surface area (Å²) in [5.74, 6) is -1.66. The summed E-state index contributed by atoms with van der Waals surface area (Å²) >= 11 is 0. The van der Waals surface area contributed by atoms with Gasteiger partial charge in [-0.05, 0) is 13.8 Å². The molecule has 0 aromatic rings. The summed E-state index contributed by atoms with van der Waals surface area (Å²) in [6.07, 6.45) is 0. The maximum atomic E-state index is 10.8. The molecule has 0 bridgehead atoms. The Kier molecular flexibility index (Phi) is 4.52. The molecule has 0 rings (SSSR count). The Morgan fingerprint density at radius 1 is 1.46 bits per heavy atom. The van der Waals surface area contributed by atoms with Crippen molar-refractivity contribution in [3.05, 3.63) is 0 Å². The van der Waals surface area contributed by atoms with Gasteiger partial charge in [0.15, 0.2) is 0 Å². The van der Waals surface area contributed by atoms with Gasteiger partial charge in [-0.2, -0.15) is 0 Å². The zero-order valence-electron chi connectivity index (χ0n) is 7.39. The number of carbonyl (C=O) groups is 1. The number of rotatable bonds is 4. The molecule has 13 heavy (non-hydrogen) atoms. The third kappa shape index (κ3) is 4.97. The minimum Gasteiger partial charge on any atom is -0.323 e. The summed E-state index contributed by atoms with van der Waals surface area (Å²) in [5.41, 5.74) is 9.43. The Balaban J connectivity index is 3.91. The first-order chi connectivity index (χ1) is 5.75. The topological polar surface area (TPSA) is 125 Å². The van der Waals surface area contributed by atoms with Crippen LogP contribution in [0.25, 0.3) is 0 Å². The number of amides is 1. The first kappa shape index (κ1) is 12.5. The van der Waals surface area contributed by atoms with Crippen molar-refractivity contribution in [2.75, 3.05) is 0 Å². The fourth-order valence-corrected chi connectivity index (χ4v) is 0.606. The van der Waals surface area contributed by atoms with E-state index in [2.05, 4.69) is 10.9 Å². The highest BCUT2D eigenvalue weighted by Crippen LogP contribution is 2.38. The first-order valence-electron chi connectivity index (χ1n) is 3.61. The monoisotopic (exact) mass is 211 g/mol. The lowest BCUT2D eigenvalue weighted by Crippen LogP contribution is -2.48. The van der Waals surface area contributed by atoms with Gasteiger partial charge in [-0.15, -0.1) is 0 Å². The molecular formula is C5H14N3O4P. The summed E-state index contributed by atoms with van der Waals surface area (Å²) < 4.78 is 10.6. The SMILES string of the molecule is CC(NNC(=O)[C@H](C)N)P(=O)(O)O. The number of nitrogens with two attached hydrogens (primary N) is 1. The Morgan fingerprint density at radius 3 is 2.23 bits per heavy atom. The molecular weight excluding hydrogens is 197 g/mol. The number of nitrogens with one attached hydrogen (secondary N) is 2. The lowest BCUT2D eigenvalue weighted by molar-refractivity contribution is -0.123. The van der Waals surface area contributed by atoms with E-state index < -0.39 is 25.3 Å². The van der Waals surface area contributed by atoms with Crippen molar-refractivity contribution in [3.8, 4) is 0 Å². The quantitative estimate of drug-likeness (QED) is 0.284. The van der Waals surface area contributed by atoms with Gasteiger partial charge in [0.1, 0.15) is 5.78 Å². The summed E-state index contributed by atoms with van der Waals surface area (Å²) in [5, 5.41) is 0. The molecule has 0 aliphatic rings. The van der Waals surface area contributed by atoms with E-state index in [9.17, 15) is 9.36 Å². The highest BCUT2D eigenvalue weighted by Gasteiger charge is 2.24. The smallest absolute Gasteiger partial charge is 0.323 e. The molecule has 0 aromatic carbocycles. The zero-order chi connectivity index (χ0) is 10.6. The zero-order valence-corrected chi connectivity index (χ0v) is 8.28. The summed E-state index contributed by atoms with van der Waals surface area (Å²) in [6.45, 7) is 2.71. The first-order valence-corrected chi connectivity index (χ1v) is 5.29. The third-order valence-corrected chi connectivity index (χ3v) is 2.46. The van der Waals surface area contributed by atoms with Gasteiger partial charge in [0, 0.05) is 0 Å². The second-order valence-electron chi connectivity index (χ2n) is 2.69. The van der Waals surface area contributed by atoms with Gasteiger partial charge in [0.05, 0.1) is 6.04 Å². The van der Waals surface area contributed by atoms with Crippen molar-refractivity contribution in [1.82, 2.24) is 10.9 Å². The Bertz CT molecular complexity index is 226. The average Bonchev–Trinajstić information content (AvgIpc) is 1.97. The maximum absolute atomic E-state index is 10.8. The van der Waals surface area contributed by atoms with Crippen molar-refractivity contribution in [2.24, 2.45) is 5.73 Å².